The molecule has 1 N–H and O–H groups in total. The Morgan fingerprint density at radius 2 is 1.74 bits per heavy atom. The SMILES string of the molecule is CCCCNC(=O)C(C)N(Cc1ccccc1C)C(=O)CN(c1ccc(OC)cc1)S(C)(=O)=O. The van der Waals surface area contributed by atoms with Crippen molar-refractivity contribution in [1.82, 2.24) is 10.2 Å². The van der Waals surface area contributed by atoms with Gasteiger partial charge < -0.3 is 15.0 Å². The van der Waals surface area contributed by atoms with Gasteiger partial charge in [-0.25, -0.2) is 8.42 Å². The molecule has 2 amide bonds. The molecule has 2 aromatic carbocycles. The first kappa shape index (κ1) is 27.2. The minimum Gasteiger partial charge on any atom is -0.497 e. The van der Waals surface area contributed by atoms with Gasteiger partial charge >= 0.3 is 0 Å². The average molecular weight is 490 g/mol. The van der Waals surface area contributed by atoms with Gasteiger partial charge in [0.1, 0.15) is 18.3 Å². The summed E-state index contributed by atoms with van der Waals surface area (Å²) in [6.45, 7) is 5.91. The van der Waals surface area contributed by atoms with E-state index in [2.05, 4.69) is 5.32 Å². The zero-order valence-corrected chi connectivity index (χ0v) is 21.4. The Bertz CT molecular complexity index is 1070. The number of nitrogens with zero attached hydrogens (tertiary/aromatic N) is 2. The van der Waals surface area contributed by atoms with Crippen molar-refractivity contribution in [1.29, 1.82) is 0 Å². The average Bonchev–Trinajstić information content (AvgIpc) is 2.81. The number of nitrogens with one attached hydrogen (secondary N) is 1. The van der Waals surface area contributed by atoms with Crippen LogP contribution in [0.1, 0.15) is 37.8 Å². The van der Waals surface area contributed by atoms with E-state index in [1.54, 1.807) is 31.2 Å². The second-order valence-electron chi connectivity index (χ2n) is 8.24. The molecule has 0 aromatic heterocycles. The molecule has 0 saturated carbocycles. The van der Waals surface area contributed by atoms with E-state index in [0.717, 1.165) is 34.5 Å². The molecule has 1 atom stereocenters. The maximum atomic E-state index is 13.5. The fraction of sp³-hybridized carbons (Fsp3) is 0.440. The van der Waals surface area contributed by atoms with Crippen molar-refractivity contribution in [3.63, 3.8) is 0 Å². The van der Waals surface area contributed by atoms with Crippen LogP contribution in [0.3, 0.4) is 0 Å². The van der Waals surface area contributed by atoms with E-state index >= 15 is 0 Å². The standard InChI is InChI=1S/C25H35N3O5S/c1-6-7-16-26-25(30)20(3)27(17-21-11-9-8-10-19(21)2)24(29)18-28(34(5,31)32)22-12-14-23(33-4)15-13-22/h8-15,20H,6-7,16-18H2,1-5H3,(H,26,30). The minimum atomic E-state index is -3.77. The normalized spacial score (nSPS) is 12.0. The van der Waals surface area contributed by atoms with Crippen LogP contribution in [0.4, 0.5) is 5.69 Å². The molecule has 34 heavy (non-hydrogen) atoms. The molecule has 0 heterocycles. The van der Waals surface area contributed by atoms with Gasteiger partial charge in [0.25, 0.3) is 0 Å². The molecule has 2 rings (SSSR count). The summed E-state index contributed by atoms with van der Waals surface area (Å²) in [5.41, 5.74) is 2.21. The lowest BCUT2D eigenvalue weighted by Crippen LogP contribution is -2.51. The monoisotopic (exact) mass is 489 g/mol. The van der Waals surface area contributed by atoms with Crippen molar-refractivity contribution >= 4 is 27.5 Å². The first-order valence-electron chi connectivity index (χ1n) is 11.3. The van der Waals surface area contributed by atoms with Crippen LogP contribution < -0.4 is 14.4 Å². The predicted molar refractivity (Wildman–Crippen MR) is 134 cm³/mol. The van der Waals surface area contributed by atoms with E-state index in [1.807, 2.05) is 38.1 Å². The molecule has 0 aliphatic carbocycles. The number of hydrogen-bond donors (Lipinski definition) is 1. The lowest BCUT2D eigenvalue weighted by molar-refractivity contribution is -0.139. The highest BCUT2D eigenvalue weighted by molar-refractivity contribution is 7.92. The lowest BCUT2D eigenvalue weighted by atomic mass is 10.1. The Morgan fingerprint density at radius 1 is 1.09 bits per heavy atom. The number of carbonyl (C=O) groups is 2. The molecule has 0 saturated heterocycles. The molecule has 0 fully saturated rings. The third-order valence-corrected chi connectivity index (χ3v) is 6.78. The molecule has 0 aliphatic rings. The second-order valence-corrected chi connectivity index (χ2v) is 10.1. The third-order valence-electron chi connectivity index (χ3n) is 5.64. The highest BCUT2D eigenvalue weighted by Crippen LogP contribution is 2.22. The Kier molecular flexibility index (Phi) is 9.92. The van der Waals surface area contributed by atoms with Crippen molar-refractivity contribution in [3.8, 4) is 5.75 Å². The Morgan fingerprint density at radius 3 is 2.29 bits per heavy atom. The summed E-state index contributed by atoms with van der Waals surface area (Å²) in [6, 6.07) is 13.3. The Labute approximate surface area is 202 Å². The zero-order chi connectivity index (χ0) is 25.3. The number of sulfonamides is 1. The summed E-state index contributed by atoms with van der Waals surface area (Å²) < 4.78 is 31.3. The van der Waals surface area contributed by atoms with Gasteiger partial charge in [-0.2, -0.15) is 0 Å². The number of ether oxygens (including phenoxy) is 1. The first-order chi connectivity index (χ1) is 16.1. The Hall–Kier alpha value is -3.07. The number of anilines is 1. The molecule has 8 nitrogen and oxygen atoms in total. The van der Waals surface area contributed by atoms with Crippen LogP contribution in [0.2, 0.25) is 0 Å². The van der Waals surface area contributed by atoms with Gasteiger partial charge in [-0.3, -0.25) is 13.9 Å². The van der Waals surface area contributed by atoms with Gasteiger partial charge in [-0.15, -0.1) is 0 Å². The number of rotatable bonds is 12. The van der Waals surface area contributed by atoms with Crippen LogP contribution in [-0.4, -0.2) is 57.6 Å². The summed E-state index contributed by atoms with van der Waals surface area (Å²) >= 11 is 0. The number of hydrogen-bond acceptors (Lipinski definition) is 5. The van der Waals surface area contributed by atoms with Gasteiger partial charge in [0, 0.05) is 13.1 Å². The molecule has 186 valence electrons. The number of amides is 2. The highest BCUT2D eigenvalue weighted by Gasteiger charge is 2.30. The summed E-state index contributed by atoms with van der Waals surface area (Å²) in [6.07, 6.45) is 2.83. The van der Waals surface area contributed by atoms with Crippen molar-refractivity contribution in [3.05, 3.63) is 59.7 Å². The minimum absolute atomic E-state index is 0.189. The first-order valence-corrected chi connectivity index (χ1v) is 13.2. The number of carbonyl (C=O) groups excluding carboxylic acids is 2. The maximum absolute atomic E-state index is 13.5. The smallest absolute Gasteiger partial charge is 0.244 e. The molecule has 0 aliphatic heterocycles. The molecule has 0 radical (unpaired) electrons. The number of unbranched alkanes of at least 4 members (excludes halogenated alkanes) is 1. The van der Waals surface area contributed by atoms with Gasteiger partial charge in [0.15, 0.2) is 0 Å². The van der Waals surface area contributed by atoms with E-state index in [1.165, 1.54) is 12.0 Å². The van der Waals surface area contributed by atoms with E-state index < -0.39 is 28.5 Å². The van der Waals surface area contributed by atoms with Crippen molar-refractivity contribution < 1.29 is 22.7 Å². The predicted octanol–water partition coefficient (Wildman–Crippen LogP) is 3.10. The highest BCUT2D eigenvalue weighted by atomic mass is 32.2. The number of methoxy groups -OCH3 is 1. The quantitative estimate of drug-likeness (QED) is 0.462. The molecule has 0 spiro atoms. The summed E-state index contributed by atoms with van der Waals surface area (Å²) in [4.78, 5) is 27.8. The molecule has 1 unspecified atom stereocenters. The molecular formula is C25H35N3O5S. The van der Waals surface area contributed by atoms with E-state index in [9.17, 15) is 18.0 Å². The van der Waals surface area contributed by atoms with Gasteiger partial charge in [0.05, 0.1) is 19.1 Å². The van der Waals surface area contributed by atoms with Gasteiger partial charge in [-0.1, -0.05) is 37.6 Å². The van der Waals surface area contributed by atoms with Crippen molar-refractivity contribution in [2.24, 2.45) is 0 Å². The van der Waals surface area contributed by atoms with Crippen molar-refractivity contribution in [2.75, 3.05) is 30.8 Å². The van der Waals surface area contributed by atoms with Gasteiger partial charge in [-0.05, 0) is 55.7 Å². The summed E-state index contributed by atoms with van der Waals surface area (Å²) in [7, 11) is -2.25. The summed E-state index contributed by atoms with van der Waals surface area (Å²) in [5.74, 6) is -0.171. The third kappa shape index (κ3) is 7.48. The molecule has 9 heteroatoms. The molecular weight excluding hydrogens is 454 g/mol. The van der Waals surface area contributed by atoms with Crippen LogP contribution >= 0.6 is 0 Å². The van der Waals surface area contributed by atoms with E-state index in [4.69, 9.17) is 4.74 Å². The number of aryl methyl sites for hydroxylation is 1. The fourth-order valence-corrected chi connectivity index (χ4v) is 4.30. The van der Waals surface area contributed by atoms with E-state index in [-0.39, 0.29) is 12.5 Å². The zero-order valence-electron chi connectivity index (χ0n) is 20.6. The van der Waals surface area contributed by atoms with E-state index in [0.29, 0.717) is 18.0 Å². The molecule has 2 aromatic rings. The maximum Gasteiger partial charge on any atom is 0.244 e. The summed E-state index contributed by atoms with van der Waals surface area (Å²) in [5, 5.41) is 2.87. The lowest BCUT2D eigenvalue weighted by Gasteiger charge is -2.32. The van der Waals surface area contributed by atoms with Crippen LogP contribution in [0.5, 0.6) is 5.75 Å². The number of benzene rings is 2. The molecule has 0 bridgehead atoms. The van der Waals surface area contributed by atoms with Crippen LogP contribution in [0.25, 0.3) is 0 Å². The second kappa shape index (κ2) is 12.4. The van der Waals surface area contributed by atoms with Crippen LogP contribution in [-0.2, 0) is 26.2 Å². The largest absolute Gasteiger partial charge is 0.497 e. The van der Waals surface area contributed by atoms with Crippen LogP contribution in [0, 0.1) is 6.92 Å². The van der Waals surface area contributed by atoms with Gasteiger partial charge in [0.2, 0.25) is 21.8 Å². The Balaban J connectivity index is 2.35. The van der Waals surface area contributed by atoms with Crippen molar-refractivity contribution in [2.45, 2.75) is 46.2 Å². The fourth-order valence-electron chi connectivity index (χ4n) is 3.45. The topological polar surface area (TPSA) is 96.0 Å². The van der Waals surface area contributed by atoms with Crippen LogP contribution in [0.15, 0.2) is 48.5 Å².